The summed E-state index contributed by atoms with van der Waals surface area (Å²) in [6.07, 6.45) is 0. The molecule has 2 heterocycles. The largest absolute Gasteiger partial charge is 0.419 e. The summed E-state index contributed by atoms with van der Waals surface area (Å²) in [5.74, 6) is -0.400. The first-order valence-corrected chi connectivity index (χ1v) is 8.71. The number of aromatic nitrogens is 5. The first kappa shape index (κ1) is 16.3. The third kappa shape index (κ3) is 2.92. The summed E-state index contributed by atoms with van der Waals surface area (Å²) in [6, 6.07) is 14.4. The zero-order valence-electron chi connectivity index (χ0n) is 13.7. The molecule has 2 aromatic heterocycles. The van der Waals surface area contributed by atoms with Crippen molar-refractivity contribution in [3.63, 3.8) is 0 Å². The molecule has 0 aliphatic carbocycles. The number of oxazole rings is 1. The van der Waals surface area contributed by atoms with E-state index in [1.807, 2.05) is 30.3 Å². The maximum atomic E-state index is 12.5. The van der Waals surface area contributed by atoms with Gasteiger partial charge in [-0.3, -0.25) is 9.36 Å². The third-order valence-electron chi connectivity index (χ3n) is 3.89. The Morgan fingerprint density at radius 3 is 2.81 bits per heavy atom. The number of tetrazole rings is 1. The van der Waals surface area contributed by atoms with Crippen LogP contribution in [0.2, 0.25) is 0 Å². The number of Topliss-reactive ketones (excluding diaryl/α,β-unsaturated/α-hetero) is 1. The number of fused-ring (bicyclic) bond motifs is 1. The maximum Gasteiger partial charge on any atom is 0.419 e. The number of carbonyl (C=O) groups is 1. The fourth-order valence-electron chi connectivity index (χ4n) is 2.52. The lowest BCUT2D eigenvalue weighted by Gasteiger charge is -2.04. The molecule has 0 aliphatic rings. The second kappa shape index (κ2) is 6.60. The molecule has 9 heteroatoms. The number of hydrogen-bond donors (Lipinski definition) is 0. The second-order valence-corrected chi connectivity index (χ2v) is 6.47. The summed E-state index contributed by atoms with van der Waals surface area (Å²) in [5.41, 5.74) is 2.33. The molecule has 0 aliphatic heterocycles. The average Bonchev–Trinajstić information content (AvgIpc) is 3.25. The van der Waals surface area contributed by atoms with Gasteiger partial charge in [-0.2, -0.15) is 4.68 Å². The van der Waals surface area contributed by atoms with Gasteiger partial charge in [0.1, 0.15) is 0 Å². The van der Waals surface area contributed by atoms with E-state index in [-0.39, 0.29) is 11.5 Å². The van der Waals surface area contributed by atoms with Gasteiger partial charge in [-0.15, -0.1) is 5.10 Å². The van der Waals surface area contributed by atoms with Gasteiger partial charge in [0.15, 0.2) is 11.4 Å². The zero-order chi connectivity index (χ0) is 18.1. The standard InChI is InChI=1S/C17H13N5O3S/c1-21-13-8-7-11(9-15(13)25-17(21)24)14(23)10-26-16-18-19-20-22(16)12-5-3-2-4-6-12/h2-9H,10H2,1H3. The van der Waals surface area contributed by atoms with Crippen molar-refractivity contribution < 1.29 is 9.21 Å². The number of aryl methyl sites for hydroxylation is 1. The molecule has 4 rings (SSSR count). The van der Waals surface area contributed by atoms with Crippen molar-refractivity contribution in [1.29, 1.82) is 0 Å². The number of nitrogens with zero attached hydrogens (tertiary/aromatic N) is 5. The highest BCUT2D eigenvalue weighted by atomic mass is 32.2. The molecule has 26 heavy (non-hydrogen) atoms. The van der Waals surface area contributed by atoms with Crippen LogP contribution >= 0.6 is 11.8 Å². The van der Waals surface area contributed by atoms with E-state index < -0.39 is 5.76 Å². The summed E-state index contributed by atoms with van der Waals surface area (Å²) in [5, 5.41) is 12.1. The first-order chi connectivity index (χ1) is 12.6. The highest BCUT2D eigenvalue weighted by Crippen LogP contribution is 2.21. The Morgan fingerprint density at radius 1 is 1.19 bits per heavy atom. The van der Waals surface area contributed by atoms with Gasteiger partial charge in [0.25, 0.3) is 0 Å². The van der Waals surface area contributed by atoms with E-state index in [0.717, 1.165) is 5.69 Å². The SMILES string of the molecule is Cn1c(=O)oc2cc(C(=O)CSc3nnnn3-c3ccccc3)ccc21. The highest BCUT2D eigenvalue weighted by Gasteiger charge is 2.14. The number of hydrogen-bond acceptors (Lipinski definition) is 7. The van der Waals surface area contributed by atoms with E-state index in [4.69, 9.17) is 4.42 Å². The van der Waals surface area contributed by atoms with Crippen molar-refractivity contribution in [2.24, 2.45) is 7.05 Å². The minimum absolute atomic E-state index is 0.106. The highest BCUT2D eigenvalue weighted by molar-refractivity contribution is 7.99. The van der Waals surface area contributed by atoms with E-state index in [1.54, 1.807) is 29.9 Å². The first-order valence-electron chi connectivity index (χ1n) is 7.73. The molecule has 0 N–H and O–H groups in total. The Hall–Kier alpha value is -3.20. The Kier molecular flexibility index (Phi) is 4.13. The van der Waals surface area contributed by atoms with E-state index in [9.17, 15) is 9.59 Å². The Balaban J connectivity index is 1.53. The summed E-state index contributed by atoms with van der Waals surface area (Å²) < 4.78 is 8.10. The number of para-hydroxylation sites is 1. The smallest absolute Gasteiger partial charge is 0.408 e. The van der Waals surface area contributed by atoms with Gasteiger partial charge < -0.3 is 4.42 Å². The minimum atomic E-state index is -0.457. The Labute approximate surface area is 151 Å². The summed E-state index contributed by atoms with van der Waals surface area (Å²) in [4.78, 5) is 24.1. The van der Waals surface area contributed by atoms with E-state index in [2.05, 4.69) is 15.5 Å². The molecule has 130 valence electrons. The van der Waals surface area contributed by atoms with Crippen LogP contribution in [0.4, 0.5) is 0 Å². The van der Waals surface area contributed by atoms with Gasteiger partial charge in [0, 0.05) is 12.6 Å². The molecule has 0 saturated carbocycles. The number of benzene rings is 2. The predicted octanol–water partition coefficient (Wildman–Crippen LogP) is 2.08. The van der Waals surface area contributed by atoms with E-state index >= 15 is 0 Å². The second-order valence-electron chi connectivity index (χ2n) is 5.53. The van der Waals surface area contributed by atoms with Crippen LogP contribution in [-0.2, 0) is 7.05 Å². The van der Waals surface area contributed by atoms with Gasteiger partial charge in [-0.1, -0.05) is 30.0 Å². The maximum absolute atomic E-state index is 12.5. The van der Waals surface area contributed by atoms with Crippen molar-refractivity contribution in [1.82, 2.24) is 24.8 Å². The Morgan fingerprint density at radius 2 is 2.00 bits per heavy atom. The van der Waals surface area contributed by atoms with Crippen LogP contribution in [0.25, 0.3) is 16.8 Å². The molecular formula is C17H13N5O3S. The van der Waals surface area contributed by atoms with Gasteiger partial charge in [0.2, 0.25) is 5.16 Å². The molecule has 2 aromatic carbocycles. The normalized spacial score (nSPS) is 11.1. The van der Waals surface area contributed by atoms with Crippen LogP contribution in [-0.4, -0.2) is 36.3 Å². The lowest BCUT2D eigenvalue weighted by atomic mass is 10.1. The topological polar surface area (TPSA) is 95.8 Å². The molecule has 0 spiro atoms. The van der Waals surface area contributed by atoms with Gasteiger partial charge in [-0.25, -0.2) is 4.79 Å². The molecule has 0 atom stereocenters. The van der Waals surface area contributed by atoms with Gasteiger partial charge in [0.05, 0.1) is 17.0 Å². The number of carbonyl (C=O) groups excluding carboxylic acids is 1. The number of thioether (sulfide) groups is 1. The summed E-state index contributed by atoms with van der Waals surface area (Å²) in [7, 11) is 1.62. The van der Waals surface area contributed by atoms with Crippen LogP contribution in [0.5, 0.6) is 0 Å². The van der Waals surface area contributed by atoms with Crippen molar-refractivity contribution >= 4 is 28.6 Å². The molecular weight excluding hydrogens is 354 g/mol. The van der Waals surface area contributed by atoms with Crippen molar-refractivity contribution in [2.45, 2.75) is 5.16 Å². The molecule has 0 saturated heterocycles. The van der Waals surface area contributed by atoms with Gasteiger partial charge in [-0.05, 0) is 40.8 Å². The van der Waals surface area contributed by atoms with E-state index in [0.29, 0.717) is 21.8 Å². The van der Waals surface area contributed by atoms with Gasteiger partial charge >= 0.3 is 5.76 Å². The van der Waals surface area contributed by atoms with E-state index in [1.165, 1.54) is 16.3 Å². The van der Waals surface area contributed by atoms with Crippen LogP contribution in [0.3, 0.4) is 0 Å². The average molecular weight is 367 g/mol. The third-order valence-corrected chi connectivity index (χ3v) is 4.81. The van der Waals surface area contributed by atoms with Crippen LogP contribution in [0.15, 0.2) is 62.9 Å². The minimum Gasteiger partial charge on any atom is -0.408 e. The molecule has 0 bridgehead atoms. The molecule has 0 radical (unpaired) electrons. The molecule has 0 unspecified atom stereocenters. The van der Waals surface area contributed by atoms with Crippen LogP contribution < -0.4 is 5.76 Å². The molecule has 0 amide bonds. The number of rotatable bonds is 5. The van der Waals surface area contributed by atoms with Crippen molar-refractivity contribution in [3.05, 3.63) is 64.6 Å². The number of ketones is 1. The molecule has 4 aromatic rings. The molecule has 0 fully saturated rings. The molecule has 8 nitrogen and oxygen atoms in total. The monoisotopic (exact) mass is 367 g/mol. The van der Waals surface area contributed by atoms with Crippen molar-refractivity contribution in [3.8, 4) is 5.69 Å². The fraction of sp³-hybridized carbons (Fsp3) is 0.118. The predicted molar refractivity (Wildman–Crippen MR) is 95.7 cm³/mol. The fourth-order valence-corrected chi connectivity index (χ4v) is 3.31. The summed E-state index contributed by atoms with van der Waals surface area (Å²) in [6.45, 7) is 0. The van der Waals surface area contributed by atoms with Crippen molar-refractivity contribution in [2.75, 3.05) is 5.75 Å². The zero-order valence-corrected chi connectivity index (χ0v) is 14.5. The Bertz CT molecular complexity index is 1150. The lowest BCUT2D eigenvalue weighted by molar-refractivity contribution is 0.102. The summed E-state index contributed by atoms with van der Waals surface area (Å²) >= 11 is 1.25. The quantitative estimate of drug-likeness (QED) is 0.393. The lowest BCUT2D eigenvalue weighted by Crippen LogP contribution is -2.08. The van der Waals surface area contributed by atoms with Crippen LogP contribution in [0.1, 0.15) is 10.4 Å². The van der Waals surface area contributed by atoms with Crippen LogP contribution in [0, 0.1) is 0 Å².